The third-order valence-electron chi connectivity index (χ3n) is 3.78. The quantitative estimate of drug-likeness (QED) is 0.403. The van der Waals surface area contributed by atoms with Gasteiger partial charge in [-0.3, -0.25) is 0 Å². The van der Waals surface area contributed by atoms with Gasteiger partial charge in [-0.25, -0.2) is 0 Å². The van der Waals surface area contributed by atoms with Gasteiger partial charge in [0, 0.05) is 0 Å². The third-order valence-corrected chi connectivity index (χ3v) is 12.5. The average molecular weight is 330 g/mol. The SMILES string of the molecule is BC(C)(P(C(C)(C)C)C(C)(C)C)P(C(C)(C)C)C(C)(C)C. The van der Waals surface area contributed by atoms with Crippen molar-refractivity contribution in [2.45, 2.75) is 115 Å². The summed E-state index contributed by atoms with van der Waals surface area (Å²) < 4.78 is 0. The van der Waals surface area contributed by atoms with E-state index >= 15 is 0 Å². The Morgan fingerprint density at radius 2 is 0.571 bits per heavy atom. The lowest BCUT2D eigenvalue weighted by molar-refractivity contribution is 0.673. The van der Waals surface area contributed by atoms with Crippen molar-refractivity contribution >= 4 is 23.7 Å². The Balaban J connectivity index is 6.21. The van der Waals surface area contributed by atoms with E-state index in [1.54, 1.807) is 0 Å². The molecule has 0 aromatic rings. The Kier molecular flexibility index (Phi) is 6.36. The second-order valence-electron chi connectivity index (χ2n) is 10.8. The summed E-state index contributed by atoms with van der Waals surface area (Å²) in [4.78, 5) is 0.400. The molecule has 0 aromatic carbocycles. The van der Waals surface area contributed by atoms with Crippen LogP contribution in [-0.4, -0.2) is 33.3 Å². The van der Waals surface area contributed by atoms with Crippen molar-refractivity contribution in [3.63, 3.8) is 0 Å². The summed E-state index contributed by atoms with van der Waals surface area (Å²) in [6.45, 7) is 32.1. The van der Waals surface area contributed by atoms with Crippen LogP contribution in [0.1, 0.15) is 90.0 Å². The lowest BCUT2D eigenvalue weighted by Gasteiger charge is -2.60. The van der Waals surface area contributed by atoms with Gasteiger partial charge in [-0.2, -0.15) is 0 Å². The summed E-state index contributed by atoms with van der Waals surface area (Å²) in [5, 5.41) is 1.53. The molecule has 0 atom stereocenters. The Labute approximate surface area is 139 Å². The van der Waals surface area contributed by atoms with Crippen LogP contribution in [0, 0.1) is 0 Å². The molecular formula is C18H41BP2. The molecule has 0 aliphatic heterocycles. The minimum Gasteiger partial charge on any atom is -0.0935 e. The normalized spacial score (nSPS) is 16.0. The van der Waals surface area contributed by atoms with Crippen LogP contribution in [0.5, 0.6) is 0 Å². The topological polar surface area (TPSA) is 0 Å². The van der Waals surface area contributed by atoms with Gasteiger partial charge in [0.2, 0.25) is 0 Å². The number of rotatable bonds is 2. The zero-order chi connectivity index (χ0) is 17.7. The van der Waals surface area contributed by atoms with E-state index in [-0.39, 0.29) is 15.8 Å². The van der Waals surface area contributed by atoms with Crippen LogP contribution in [-0.2, 0) is 0 Å². The minimum absolute atomic E-state index is 0.125. The molecule has 0 N–H and O–H groups in total. The lowest BCUT2D eigenvalue weighted by Crippen LogP contribution is -2.44. The van der Waals surface area contributed by atoms with Crippen LogP contribution < -0.4 is 0 Å². The molecule has 0 aromatic heterocycles. The molecule has 0 aliphatic rings. The molecule has 21 heavy (non-hydrogen) atoms. The fourth-order valence-corrected chi connectivity index (χ4v) is 20.4. The van der Waals surface area contributed by atoms with Gasteiger partial charge in [0.15, 0.2) is 0 Å². The summed E-state index contributed by atoms with van der Waals surface area (Å²) in [5.41, 5.74) is 0. The van der Waals surface area contributed by atoms with E-state index in [1.165, 1.54) is 0 Å². The molecular weight excluding hydrogens is 289 g/mol. The van der Waals surface area contributed by atoms with Crippen molar-refractivity contribution in [2.24, 2.45) is 0 Å². The predicted octanol–water partition coefficient (Wildman–Crippen LogP) is 6.45. The van der Waals surface area contributed by atoms with E-state index in [9.17, 15) is 0 Å². The summed E-state index contributed by atoms with van der Waals surface area (Å²) >= 11 is 0. The van der Waals surface area contributed by atoms with Crippen molar-refractivity contribution < 1.29 is 0 Å². The van der Waals surface area contributed by atoms with E-state index in [4.69, 9.17) is 0 Å². The molecule has 0 aliphatic carbocycles. The summed E-state index contributed by atoms with van der Waals surface area (Å²) in [6, 6.07) is 0. The van der Waals surface area contributed by atoms with E-state index in [0.29, 0.717) is 25.4 Å². The smallest absolute Gasteiger partial charge is 0.0935 e. The molecule has 0 nitrogen and oxygen atoms in total. The van der Waals surface area contributed by atoms with Crippen molar-refractivity contribution in [1.29, 1.82) is 0 Å². The van der Waals surface area contributed by atoms with Gasteiger partial charge in [-0.1, -0.05) is 106 Å². The second kappa shape index (κ2) is 6.09. The molecule has 0 saturated heterocycles. The highest BCUT2D eigenvalue weighted by molar-refractivity contribution is 7.82. The van der Waals surface area contributed by atoms with Gasteiger partial charge < -0.3 is 0 Å². The van der Waals surface area contributed by atoms with Gasteiger partial charge in [-0.15, -0.1) is 0 Å². The second-order valence-corrected chi connectivity index (χ2v) is 20.1. The summed E-state index contributed by atoms with van der Waals surface area (Å²) in [6.07, 6.45) is 0. The molecule has 0 spiro atoms. The molecule has 0 bridgehead atoms. The van der Waals surface area contributed by atoms with Gasteiger partial charge in [0.05, 0.1) is 0 Å². The van der Waals surface area contributed by atoms with Crippen molar-refractivity contribution in [3.05, 3.63) is 0 Å². The van der Waals surface area contributed by atoms with Gasteiger partial charge in [0.1, 0.15) is 7.85 Å². The highest BCUT2D eigenvalue weighted by Gasteiger charge is 2.53. The van der Waals surface area contributed by atoms with Crippen molar-refractivity contribution in [2.75, 3.05) is 0 Å². The molecule has 0 amide bonds. The fourth-order valence-electron chi connectivity index (χ4n) is 5.40. The first-order valence-electron chi connectivity index (χ1n) is 8.34. The molecule has 0 heterocycles. The minimum atomic E-state index is -0.125. The monoisotopic (exact) mass is 330 g/mol. The van der Waals surface area contributed by atoms with Crippen LogP contribution in [0.25, 0.3) is 0 Å². The van der Waals surface area contributed by atoms with Crippen LogP contribution in [0.15, 0.2) is 0 Å². The first-order valence-corrected chi connectivity index (χ1v) is 11.0. The largest absolute Gasteiger partial charge is 0.120 e. The number of hydrogen-bond donors (Lipinski definition) is 0. The van der Waals surface area contributed by atoms with Crippen molar-refractivity contribution in [3.8, 4) is 0 Å². The zero-order valence-corrected chi connectivity index (χ0v) is 19.2. The number of hydrogen-bond acceptors (Lipinski definition) is 0. The molecule has 0 radical (unpaired) electrons. The molecule has 0 fully saturated rings. The standard InChI is InChI=1S/C18H41BP2/c1-14(2,3)20(15(4,5)6)18(13,19)21(16(7,8)9)17(10,11)12/h19H2,1-13H3. The fraction of sp³-hybridized carbons (Fsp3) is 1.00. The summed E-state index contributed by atoms with van der Waals surface area (Å²) in [7, 11) is 2.33. The Hall–Kier alpha value is 0.925. The maximum atomic E-state index is 2.58. The highest BCUT2D eigenvalue weighted by atomic mass is 31.2. The zero-order valence-electron chi connectivity index (χ0n) is 17.4. The van der Waals surface area contributed by atoms with Crippen LogP contribution in [0.3, 0.4) is 0 Å². The molecule has 126 valence electrons. The third kappa shape index (κ3) is 5.50. The summed E-state index contributed by atoms with van der Waals surface area (Å²) in [5.74, 6) is 0. The average Bonchev–Trinajstić information content (AvgIpc) is 1.84. The van der Waals surface area contributed by atoms with E-state index in [2.05, 4.69) is 97.9 Å². The lowest BCUT2D eigenvalue weighted by atomic mass is 10.1. The maximum Gasteiger partial charge on any atom is 0.120 e. The van der Waals surface area contributed by atoms with Gasteiger partial charge in [-0.05, 0) is 25.4 Å². The van der Waals surface area contributed by atoms with Gasteiger partial charge in [0.25, 0.3) is 0 Å². The van der Waals surface area contributed by atoms with Crippen LogP contribution in [0.2, 0.25) is 0 Å². The molecule has 0 unspecified atom stereocenters. The molecule has 0 rings (SSSR count). The molecule has 0 saturated carbocycles. The molecule has 3 heteroatoms. The first-order chi connectivity index (χ1) is 8.73. The Morgan fingerprint density at radius 3 is 0.667 bits per heavy atom. The Morgan fingerprint density at radius 1 is 0.429 bits per heavy atom. The van der Waals surface area contributed by atoms with E-state index in [0.717, 1.165) is 0 Å². The van der Waals surface area contributed by atoms with Crippen LogP contribution in [0.4, 0.5) is 0 Å². The van der Waals surface area contributed by atoms with E-state index in [1.807, 2.05) is 0 Å². The van der Waals surface area contributed by atoms with E-state index < -0.39 is 0 Å². The predicted molar refractivity (Wildman–Crippen MR) is 110 cm³/mol. The maximum absolute atomic E-state index is 2.58. The Bertz CT molecular complexity index is 283. The first kappa shape index (κ1) is 21.9. The van der Waals surface area contributed by atoms with Crippen LogP contribution >= 0.6 is 15.8 Å². The highest BCUT2D eigenvalue weighted by Crippen LogP contribution is 2.81. The van der Waals surface area contributed by atoms with Crippen molar-refractivity contribution in [1.82, 2.24) is 0 Å². The van der Waals surface area contributed by atoms with Gasteiger partial charge >= 0.3 is 0 Å².